The van der Waals surface area contributed by atoms with E-state index in [0.717, 1.165) is 0 Å². The van der Waals surface area contributed by atoms with Crippen LogP contribution in [0.5, 0.6) is 0 Å². The van der Waals surface area contributed by atoms with Crippen molar-refractivity contribution < 1.29 is 19.3 Å². The number of hydrogen-bond acceptors (Lipinski definition) is 7. The zero-order valence-electron chi connectivity index (χ0n) is 9.72. The highest BCUT2D eigenvalue weighted by Crippen LogP contribution is 2.33. The SMILES string of the molecule is Nc1ncnc2c1ncn2[C@@H]1O[C@H](CO)C(F)[C@H]1O. The van der Waals surface area contributed by atoms with Crippen LogP contribution in [0.15, 0.2) is 12.7 Å². The van der Waals surface area contributed by atoms with Crippen molar-refractivity contribution in [1.82, 2.24) is 19.5 Å². The van der Waals surface area contributed by atoms with Crippen molar-refractivity contribution in [3.63, 3.8) is 0 Å². The summed E-state index contributed by atoms with van der Waals surface area (Å²) >= 11 is 0. The Kier molecular flexibility index (Phi) is 2.81. The van der Waals surface area contributed by atoms with Crippen LogP contribution in [0.1, 0.15) is 6.23 Å². The number of aliphatic hydroxyl groups excluding tert-OH is 2. The minimum Gasteiger partial charge on any atom is -0.394 e. The molecule has 1 unspecified atom stereocenters. The minimum atomic E-state index is -1.67. The number of ether oxygens (including phenoxy) is 1. The molecular formula is C10H12FN5O3. The first-order valence-electron chi connectivity index (χ1n) is 5.65. The highest BCUT2D eigenvalue weighted by Gasteiger charge is 2.45. The van der Waals surface area contributed by atoms with Crippen molar-refractivity contribution in [2.24, 2.45) is 0 Å². The summed E-state index contributed by atoms with van der Waals surface area (Å²) in [6, 6.07) is 0. The lowest BCUT2D eigenvalue weighted by Crippen LogP contribution is -2.29. The Morgan fingerprint density at radius 3 is 2.89 bits per heavy atom. The number of aromatic nitrogens is 4. The molecule has 0 saturated carbocycles. The van der Waals surface area contributed by atoms with E-state index in [1.807, 2.05) is 0 Å². The van der Waals surface area contributed by atoms with Crippen molar-refractivity contribution in [1.29, 1.82) is 0 Å². The number of nitrogens with zero attached hydrogens (tertiary/aromatic N) is 4. The summed E-state index contributed by atoms with van der Waals surface area (Å²) in [5.74, 6) is 0.187. The number of alkyl halides is 1. The first kappa shape index (κ1) is 12.2. The number of rotatable bonds is 2. The zero-order chi connectivity index (χ0) is 13.6. The van der Waals surface area contributed by atoms with Crippen LogP contribution in [0.3, 0.4) is 0 Å². The summed E-state index contributed by atoms with van der Waals surface area (Å²) in [5.41, 5.74) is 6.32. The van der Waals surface area contributed by atoms with Gasteiger partial charge in [0.25, 0.3) is 0 Å². The van der Waals surface area contributed by atoms with E-state index in [1.54, 1.807) is 0 Å². The quantitative estimate of drug-likeness (QED) is 0.639. The number of hydrogen-bond donors (Lipinski definition) is 3. The molecule has 0 amide bonds. The lowest BCUT2D eigenvalue weighted by atomic mass is 10.1. The van der Waals surface area contributed by atoms with Gasteiger partial charge in [0.15, 0.2) is 23.9 Å². The van der Waals surface area contributed by atoms with Crippen LogP contribution in [-0.2, 0) is 4.74 Å². The molecule has 2 aromatic rings. The van der Waals surface area contributed by atoms with Crippen molar-refractivity contribution in [3.8, 4) is 0 Å². The predicted molar refractivity (Wildman–Crippen MR) is 61.6 cm³/mol. The molecule has 102 valence electrons. The van der Waals surface area contributed by atoms with Gasteiger partial charge in [0.05, 0.1) is 12.9 Å². The Labute approximate surface area is 106 Å². The standard InChI is InChI=1S/C10H12FN5O3/c11-5-4(1-17)19-10(7(5)18)16-3-15-6-8(12)13-2-14-9(6)16/h2-5,7,10,17-18H,1H2,(H2,12,13,14)/t4-,5?,7-,10-/m1/s1. The van der Waals surface area contributed by atoms with Crippen LogP contribution in [-0.4, -0.2) is 54.7 Å². The van der Waals surface area contributed by atoms with Crippen molar-refractivity contribution in [2.75, 3.05) is 12.3 Å². The van der Waals surface area contributed by atoms with E-state index in [-0.39, 0.29) is 5.82 Å². The summed E-state index contributed by atoms with van der Waals surface area (Å²) in [7, 11) is 0. The van der Waals surface area contributed by atoms with E-state index >= 15 is 0 Å². The molecule has 1 aliphatic heterocycles. The van der Waals surface area contributed by atoms with E-state index in [1.165, 1.54) is 17.2 Å². The van der Waals surface area contributed by atoms with Gasteiger partial charge < -0.3 is 20.7 Å². The summed E-state index contributed by atoms with van der Waals surface area (Å²) in [6.45, 7) is -0.515. The number of nitrogens with two attached hydrogens (primary N) is 1. The average Bonchev–Trinajstić information content (AvgIpc) is 2.94. The molecule has 8 nitrogen and oxygen atoms in total. The van der Waals surface area contributed by atoms with Crippen LogP contribution < -0.4 is 5.73 Å². The molecule has 1 aliphatic rings. The van der Waals surface area contributed by atoms with Crippen LogP contribution in [0.25, 0.3) is 11.2 Å². The van der Waals surface area contributed by atoms with E-state index in [4.69, 9.17) is 15.6 Å². The van der Waals surface area contributed by atoms with Gasteiger partial charge >= 0.3 is 0 Å². The Bertz CT molecular complexity index is 606. The fourth-order valence-corrected chi connectivity index (χ4v) is 2.14. The molecule has 0 spiro atoms. The summed E-state index contributed by atoms with van der Waals surface area (Å²) < 4.78 is 20.3. The van der Waals surface area contributed by atoms with Gasteiger partial charge in [-0.05, 0) is 0 Å². The molecule has 0 radical (unpaired) electrons. The largest absolute Gasteiger partial charge is 0.394 e. The maximum absolute atomic E-state index is 13.7. The van der Waals surface area contributed by atoms with Gasteiger partial charge in [-0.1, -0.05) is 0 Å². The van der Waals surface area contributed by atoms with E-state index in [0.29, 0.717) is 11.2 Å². The summed E-state index contributed by atoms with van der Waals surface area (Å²) in [5, 5.41) is 18.8. The molecule has 0 aromatic carbocycles. The molecule has 2 aromatic heterocycles. The van der Waals surface area contributed by atoms with Gasteiger partial charge in [0.1, 0.15) is 24.1 Å². The number of nitrogen functional groups attached to an aromatic ring is 1. The van der Waals surface area contributed by atoms with Crippen molar-refractivity contribution in [2.45, 2.75) is 24.6 Å². The first-order chi connectivity index (χ1) is 9.13. The second-order valence-electron chi connectivity index (χ2n) is 4.27. The Morgan fingerprint density at radius 1 is 1.42 bits per heavy atom. The maximum Gasteiger partial charge on any atom is 0.167 e. The maximum atomic E-state index is 13.7. The third-order valence-electron chi connectivity index (χ3n) is 3.13. The monoisotopic (exact) mass is 269 g/mol. The van der Waals surface area contributed by atoms with Gasteiger partial charge in [-0.3, -0.25) is 4.57 Å². The molecule has 4 atom stereocenters. The zero-order valence-corrected chi connectivity index (χ0v) is 9.72. The molecule has 3 heterocycles. The molecule has 1 saturated heterocycles. The topological polar surface area (TPSA) is 119 Å². The lowest BCUT2D eigenvalue weighted by Gasteiger charge is -2.15. The minimum absolute atomic E-state index is 0.187. The predicted octanol–water partition coefficient (Wildman–Crippen LogP) is -1.00. The second kappa shape index (κ2) is 4.37. The van der Waals surface area contributed by atoms with Crippen molar-refractivity contribution in [3.05, 3.63) is 12.7 Å². The third-order valence-corrected chi connectivity index (χ3v) is 3.13. The second-order valence-corrected chi connectivity index (χ2v) is 4.27. The van der Waals surface area contributed by atoms with Gasteiger partial charge in [0, 0.05) is 0 Å². The molecule has 9 heteroatoms. The van der Waals surface area contributed by atoms with Crippen LogP contribution in [0.2, 0.25) is 0 Å². The molecule has 19 heavy (non-hydrogen) atoms. The molecule has 4 N–H and O–H groups in total. The number of anilines is 1. The highest BCUT2D eigenvalue weighted by molar-refractivity contribution is 5.81. The smallest absolute Gasteiger partial charge is 0.167 e. The summed E-state index contributed by atoms with van der Waals surface area (Å²) in [4.78, 5) is 11.8. The third kappa shape index (κ3) is 1.74. The summed E-state index contributed by atoms with van der Waals surface area (Å²) in [6.07, 6.45) is -2.58. The van der Waals surface area contributed by atoms with Crippen LogP contribution >= 0.6 is 0 Å². The number of aliphatic hydroxyl groups is 2. The number of fused-ring (bicyclic) bond motifs is 1. The van der Waals surface area contributed by atoms with Crippen LogP contribution in [0.4, 0.5) is 10.2 Å². The van der Waals surface area contributed by atoms with Crippen molar-refractivity contribution >= 4 is 17.0 Å². The van der Waals surface area contributed by atoms with Gasteiger partial charge in [-0.25, -0.2) is 19.3 Å². The van der Waals surface area contributed by atoms with Gasteiger partial charge in [-0.2, -0.15) is 0 Å². The van der Waals surface area contributed by atoms with Gasteiger partial charge in [0.2, 0.25) is 0 Å². The molecule has 0 bridgehead atoms. The molecule has 3 rings (SSSR count). The fourth-order valence-electron chi connectivity index (χ4n) is 2.14. The fraction of sp³-hybridized carbons (Fsp3) is 0.500. The van der Waals surface area contributed by atoms with Crippen LogP contribution in [0, 0.1) is 0 Å². The van der Waals surface area contributed by atoms with E-state index < -0.39 is 31.2 Å². The Morgan fingerprint density at radius 2 is 2.21 bits per heavy atom. The van der Waals surface area contributed by atoms with Gasteiger partial charge in [-0.15, -0.1) is 0 Å². The number of imidazole rings is 1. The molecule has 1 fully saturated rings. The average molecular weight is 269 g/mol. The first-order valence-corrected chi connectivity index (χ1v) is 5.65. The normalized spacial score (nSPS) is 31.1. The Hall–Kier alpha value is -1.84. The highest BCUT2D eigenvalue weighted by atomic mass is 19.1. The van der Waals surface area contributed by atoms with E-state index in [9.17, 15) is 9.50 Å². The van der Waals surface area contributed by atoms with E-state index in [2.05, 4.69) is 15.0 Å². The molecule has 0 aliphatic carbocycles. The number of halogens is 1. The lowest BCUT2D eigenvalue weighted by molar-refractivity contribution is -0.0495. The molecular weight excluding hydrogens is 257 g/mol. The Balaban J connectivity index is 2.04.